The zero-order chi connectivity index (χ0) is 21.4. The van der Waals surface area contributed by atoms with Gasteiger partial charge in [-0.05, 0) is 43.8 Å². The van der Waals surface area contributed by atoms with E-state index in [0.717, 1.165) is 21.3 Å². The van der Waals surface area contributed by atoms with Crippen molar-refractivity contribution < 1.29 is 4.79 Å². The highest BCUT2D eigenvalue weighted by Crippen LogP contribution is 2.34. The lowest BCUT2D eigenvalue weighted by atomic mass is 10.1. The molecule has 0 unspecified atom stereocenters. The number of hydrogen-bond donors (Lipinski definition) is 2. The van der Waals surface area contributed by atoms with Gasteiger partial charge >= 0.3 is 0 Å². The zero-order valence-electron chi connectivity index (χ0n) is 16.6. The Labute approximate surface area is 181 Å². The number of rotatable bonds is 5. The minimum Gasteiger partial charge on any atom is -0.329 e. The number of hydrogen-bond acceptors (Lipinski definition) is 5. The maximum absolute atomic E-state index is 12.9. The fourth-order valence-corrected chi connectivity index (χ4v) is 4.25. The normalized spacial score (nSPS) is 11.2. The predicted octanol–water partition coefficient (Wildman–Crippen LogP) is 3.36. The van der Waals surface area contributed by atoms with Crippen LogP contribution in [0.3, 0.4) is 0 Å². The fraction of sp³-hybridized carbons (Fsp3) is 0.200. The van der Waals surface area contributed by atoms with E-state index in [1.165, 1.54) is 17.8 Å². The molecule has 0 spiro atoms. The molecule has 0 radical (unpaired) electrons. The summed E-state index contributed by atoms with van der Waals surface area (Å²) in [7, 11) is 1.91. The average molecular weight is 443 g/mol. The summed E-state index contributed by atoms with van der Waals surface area (Å²) in [6.45, 7) is 3.68. The highest BCUT2D eigenvalue weighted by atomic mass is 35.5. The van der Waals surface area contributed by atoms with Gasteiger partial charge in [-0.1, -0.05) is 11.6 Å². The first-order valence-corrected chi connectivity index (χ1v) is 10.3. The van der Waals surface area contributed by atoms with E-state index in [9.17, 15) is 9.59 Å². The number of amides is 1. The lowest BCUT2D eigenvalue weighted by Crippen LogP contribution is -2.18. The maximum atomic E-state index is 12.9. The van der Waals surface area contributed by atoms with Crippen LogP contribution in [0.4, 0.5) is 5.69 Å². The Morgan fingerprint density at radius 1 is 1.30 bits per heavy atom. The third-order valence-corrected chi connectivity index (χ3v) is 6.12. The van der Waals surface area contributed by atoms with Gasteiger partial charge in [0.15, 0.2) is 10.8 Å². The molecule has 1 aromatic carbocycles. The zero-order valence-corrected chi connectivity index (χ0v) is 18.1. The van der Waals surface area contributed by atoms with Gasteiger partial charge in [0, 0.05) is 52.4 Å². The molecule has 30 heavy (non-hydrogen) atoms. The van der Waals surface area contributed by atoms with Crippen molar-refractivity contribution in [3.8, 4) is 0 Å². The van der Waals surface area contributed by atoms with Crippen molar-refractivity contribution in [1.29, 1.82) is 0 Å². The number of imidazole rings is 1. The maximum Gasteiger partial charge on any atom is 0.266 e. The second-order valence-electron chi connectivity index (χ2n) is 6.86. The number of halogens is 1. The van der Waals surface area contributed by atoms with E-state index in [0.29, 0.717) is 22.1 Å². The van der Waals surface area contributed by atoms with Crippen molar-refractivity contribution in [2.75, 3.05) is 5.32 Å². The van der Waals surface area contributed by atoms with E-state index < -0.39 is 0 Å². The van der Waals surface area contributed by atoms with E-state index in [1.54, 1.807) is 22.8 Å². The number of nitrogens with one attached hydrogen (secondary N) is 2. The van der Waals surface area contributed by atoms with Crippen LogP contribution in [0.25, 0.3) is 5.65 Å². The van der Waals surface area contributed by atoms with E-state index in [2.05, 4.69) is 20.4 Å². The van der Waals surface area contributed by atoms with Gasteiger partial charge in [-0.15, -0.1) is 0 Å². The number of aromatic nitrogens is 5. The second-order valence-corrected chi connectivity index (χ2v) is 8.31. The minimum absolute atomic E-state index is 0.111. The molecule has 154 valence electrons. The molecule has 4 rings (SSSR count). The Bertz CT molecular complexity index is 1320. The fourth-order valence-electron chi connectivity index (χ4n) is 3.20. The summed E-state index contributed by atoms with van der Waals surface area (Å²) < 4.78 is 3.50. The first-order valence-electron chi connectivity index (χ1n) is 9.14. The number of carbonyl (C=O) groups excluding carboxylic acids is 1. The van der Waals surface area contributed by atoms with E-state index in [4.69, 9.17) is 11.6 Å². The summed E-state index contributed by atoms with van der Waals surface area (Å²) in [5.74, 6) is -0.208. The van der Waals surface area contributed by atoms with Gasteiger partial charge in [-0.3, -0.25) is 14.7 Å². The summed E-state index contributed by atoms with van der Waals surface area (Å²) in [5.41, 5.74) is 3.13. The molecule has 0 saturated heterocycles. The van der Waals surface area contributed by atoms with Gasteiger partial charge in [0.2, 0.25) is 5.91 Å². The number of fused-ring (bicyclic) bond motifs is 1. The molecule has 0 atom stereocenters. The van der Waals surface area contributed by atoms with Crippen LogP contribution in [0.5, 0.6) is 0 Å². The summed E-state index contributed by atoms with van der Waals surface area (Å²) in [4.78, 5) is 34.1. The topological polar surface area (TPSA) is 97.1 Å². The van der Waals surface area contributed by atoms with Gasteiger partial charge in [-0.25, -0.2) is 14.5 Å². The van der Waals surface area contributed by atoms with Crippen molar-refractivity contribution in [3.05, 3.63) is 69.0 Å². The number of anilines is 1. The molecule has 0 fully saturated rings. The lowest BCUT2D eigenvalue weighted by molar-refractivity contribution is -0.115. The Morgan fingerprint density at radius 3 is 2.83 bits per heavy atom. The second kappa shape index (κ2) is 8.00. The SMILES string of the molecule is Cc1nc2cc(=O)[nH]n2c(C)c1CC(=O)Nc1cc(Cl)ccc1Sc1nccn1C. The van der Waals surface area contributed by atoms with Crippen molar-refractivity contribution in [1.82, 2.24) is 24.1 Å². The molecule has 0 saturated carbocycles. The largest absolute Gasteiger partial charge is 0.329 e. The third-order valence-electron chi connectivity index (χ3n) is 4.73. The van der Waals surface area contributed by atoms with Crippen LogP contribution in [0.1, 0.15) is 17.0 Å². The van der Waals surface area contributed by atoms with Crippen molar-refractivity contribution in [3.63, 3.8) is 0 Å². The molecule has 0 aliphatic heterocycles. The quantitative estimate of drug-likeness (QED) is 0.494. The molecule has 3 heterocycles. The number of aryl methyl sites for hydroxylation is 3. The van der Waals surface area contributed by atoms with Crippen molar-refractivity contribution in [2.24, 2.45) is 7.05 Å². The van der Waals surface area contributed by atoms with Gasteiger partial charge in [0.05, 0.1) is 12.1 Å². The Hall–Kier alpha value is -3.04. The van der Waals surface area contributed by atoms with Gasteiger partial charge < -0.3 is 9.88 Å². The smallest absolute Gasteiger partial charge is 0.266 e. The summed E-state index contributed by atoms with van der Waals surface area (Å²) >= 11 is 7.60. The van der Waals surface area contributed by atoms with E-state index in [-0.39, 0.29) is 17.9 Å². The lowest BCUT2D eigenvalue weighted by Gasteiger charge is -2.14. The Kier molecular flexibility index (Phi) is 5.40. The standard InChI is InChI=1S/C20H19ClN6O2S/c1-11-14(12(2)27-17(23-11)10-19(29)25-27)9-18(28)24-15-8-13(21)4-5-16(15)30-20-22-6-7-26(20)3/h4-8,10H,9H2,1-3H3,(H,24,28)(H,25,29). The van der Waals surface area contributed by atoms with Crippen LogP contribution in [0.2, 0.25) is 5.02 Å². The van der Waals surface area contributed by atoms with Crippen LogP contribution >= 0.6 is 23.4 Å². The highest BCUT2D eigenvalue weighted by molar-refractivity contribution is 7.99. The van der Waals surface area contributed by atoms with Gasteiger partial charge in [-0.2, -0.15) is 0 Å². The molecule has 0 aliphatic carbocycles. The number of carbonyl (C=O) groups is 1. The monoisotopic (exact) mass is 442 g/mol. The average Bonchev–Trinajstić information content (AvgIpc) is 3.26. The molecule has 0 bridgehead atoms. The van der Waals surface area contributed by atoms with Crippen LogP contribution < -0.4 is 10.9 Å². The molecule has 3 aromatic heterocycles. The summed E-state index contributed by atoms with van der Waals surface area (Å²) in [6.07, 6.45) is 3.69. The molecule has 1 amide bonds. The van der Waals surface area contributed by atoms with E-state index in [1.807, 2.05) is 37.7 Å². The minimum atomic E-state index is -0.235. The van der Waals surface area contributed by atoms with Crippen molar-refractivity contribution in [2.45, 2.75) is 30.3 Å². The molecular formula is C20H19ClN6O2S. The van der Waals surface area contributed by atoms with Gasteiger partial charge in [0.25, 0.3) is 5.56 Å². The molecule has 4 aromatic rings. The summed E-state index contributed by atoms with van der Waals surface area (Å²) in [5, 5.41) is 6.97. The molecule has 0 aliphatic rings. The summed E-state index contributed by atoms with van der Waals surface area (Å²) in [6, 6.07) is 6.77. The molecule has 8 nitrogen and oxygen atoms in total. The number of benzene rings is 1. The number of nitrogens with zero attached hydrogens (tertiary/aromatic N) is 4. The van der Waals surface area contributed by atoms with Crippen LogP contribution in [-0.4, -0.2) is 30.1 Å². The van der Waals surface area contributed by atoms with Crippen molar-refractivity contribution >= 4 is 40.6 Å². The van der Waals surface area contributed by atoms with Gasteiger partial charge in [0.1, 0.15) is 0 Å². The first-order chi connectivity index (χ1) is 14.3. The number of aromatic amines is 1. The van der Waals surface area contributed by atoms with E-state index >= 15 is 0 Å². The Balaban J connectivity index is 1.60. The van der Waals surface area contributed by atoms with Crippen LogP contribution in [0.15, 0.2) is 51.5 Å². The van der Waals surface area contributed by atoms with Crippen LogP contribution in [-0.2, 0) is 18.3 Å². The molecule has 10 heteroatoms. The predicted molar refractivity (Wildman–Crippen MR) is 116 cm³/mol. The number of H-pyrrole nitrogens is 1. The molecular weight excluding hydrogens is 424 g/mol. The highest BCUT2D eigenvalue weighted by Gasteiger charge is 2.16. The third kappa shape index (κ3) is 3.99. The Morgan fingerprint density at radius 2 is 2.10 bits per heavy atom. The molecule has 2 N–H and O–H groups in total. The first kappa shape index (κ1) is 20.2. The van der Waals surface area contributed by atoms with Crippen LogP contribution in [0, 0.1) is 13.8 Å².